The molecule has 0 unspecified atom stereocenters. The first-order valence-corrected chi connectivity index (χ1v) is 28.6. The normalized spacial score (nSPS) is 12.6. The van der Waals surface area contributed by atoms with Crippen LogP contribution in [0.25, 0.3) is 0 Å². The van der Waals surface area contributed by atoms with E-state index in [-0.39, 0.29) is 134 Å². The molecule has 0 rings (SSSR count). The number of nitrogens with one attached hydrogen (secondary N) is 5. The van der Waals surface area contributed by atoms with Gasteiger partial charge in [0.2, 0.25) is 23.6 Å². The molecule has 0 aliphatic rings. The number of aliphatic carboxylic acids is 4. The summed E-state index contributed by atoms with van der Waals surface area (Å²) in [6, 6.07) is -3.10. The molecule has 0 aliphatic heterocycles. The SMILES string of the molecule is CN[C@@H](CCCCNC(=O)CC[C@H](CC(=O)CC[C@H](NC(=O)COCCOCCCC(=O)COCCOCCNC(=O)CC[C@H](NC(=O)CCCCCCCCCCCCCCCCC(=O)O)C(=O)O)C(=O)O)C(=O)O)C(=O)CO. The Morgan fingerprint density at radius 2 is 0.875 bits per heavy atom. The first kappa shape index (κ1) is 74.5. The third-order valence-electron chi connectivity index (χ3n) is 12.9. The molecule has 0 radical (unpaired) electrons. The van der Waals surface area contributed by atoms with E-state index in [0.717, 1.165) is 51.4 Å². The second kappa shape index (κ2) is 50.5. The van der Waals surface area contributed by atoms with Crippen molar-refractivity contribution < 1.29 is 97.2 Å². The summed E-state index contributed by atoms with van der Waals surface area (Å²) < 4.78 is 21.4. The lowest BCUT2D eigenvalue weighted by atomic mass is 9.94. The predicted octanol–water partition coefficient (Wildman–Crippen LogP) is 3.42. The van der Waals surface area contributed by atoms with Crippen molar-refractivity contribution in [3.05, 3.63) is 0 Å². The lowest BCUT2D eigenvalue weighted by Crippen LogP contribution is -2.42. The second-order valence-electron chi connectivity index (χ2n) is 19.8. The fourth-order valence-corrected chi connectivity index (χ4v) is 8.23. The average molecular weight is 1150 g/mol. The molecule has 25 heteroatoms. The molecule has 0 aliphatic carbocycles. The Morgan fingerprint density at radius 1 is 0.388 bits per heavy atom. The number of hydrogen-bond donors (Lipinski definition) is 10. The summed E-state index contributed by atoms with van der Waals surface area (Å²) in [7, 11) is 1.61. The van der Waals surface area contributed by atoms with Gasteiger partial charge in [-0.1, -0.05) is 77.0 Å². The smallest absolute Gasteiger partial charge is 0.326 e. The number of ether oxygens (including phenoxy) is 4. The number of hydrogen-bond acceptors (Lipinski definition) is 17. The van der Waals surface area contributed by atoms with Crippen molar-refractivity contribution in [2.24, 2.45) is 5.92 Å². The summed E-state index contributed by atoms with van der Waals surface area (Å²) in [6.07, 6.45) is 16.0. The highest BCUT2D eigenvalue weighted by Crippen LogP contribution is 2.17. The van der Waals surface area contributed by atoms with Gasteiger partial charge in [-0.25, -0.2) is 9.59 Å². The highest BCUT2D eigenvalue weighted by molar-refractivity contribution is 5.87. The number of carbonyl (C=O) groups excluding carboxylic acids is 7. The van der Waals surface area contributed by atoms with Crippen LogP contribution in [-0.4, -0.2) is 188 Å². The van der Waals surface area contributed by atoms with Gasteiger partial charge in [-0.15, -0.1) is 0 Å². The molecule has 0 aromatic carbocycles. The fraction of sp³-hybridized carbons (Fsp3) is 0.800. The predicted molar refractivity (Wildman–Crippen MR) is 291 cm³/mol. The van der Waals surface area contributed by atoms with Crippen LogP contribution in [0.3, 0.4) is 0 Å². The maximum absolute atomic E-state index is 12.6. The number of ketones is 3. The van der Waals surface area contributed by atoms with Crippen LogP contribution >= 0.6 is 0 Å². The lowest BCUT2D eigenvalue weighted by Gasteiger charge is -2.16. The van der Waals surface area contributed by atoms with E-state index in [1.165, 1.54) is 32.1 Å². The summed E-state index contributed by atoms with van der Waals surface area (Å²) in [6.45, 7) is -0.00390. The maximum atomic E-state index is 12.6. The van der Waals surface area contributed by atoms with Crippen molar-refractivity contribution in [3.63, 3.8) is 0 Å². The van der Waals surface area contributed by atoms with Gasteiger partial charge in [0.25, 0.3) is 0 Å². The molecule has 4 atom stereocenters. The van der Waals surface area contributed by atoms with E-state index in [9.17, 15) is 68.1 Å². The van der Waals surface area contributed by atoms with Gasteiger partial charge in [0.05, 0.1) is 45.0 Å². The summed E-state index contributed by atoms with van der Waals surface area (Å²) >= 11 is 0. The fourth-order valence-electron chi connectivity index (χ4n) is 8.23. The third kappa shape index (κ3) is 45.3. The molecular formula is C55H95N5O20. The topological polar surface area (TPSA) is 386 Å². The summed E-state index contributed by atoms with van der Waals surface area (Å²) in [5, 5.41) is 59.3. The molecule has 0 saturated carbocycles. The number of amides is 4. The van der Waals surface area contributed by atoms with Gasteiger partial charge in [0, 0.05) is 64.6 Å². The number of carboxylic acid groups (broad SMARTS) is 4. The monoisotopic (exact) mass is 1150 g/mol. The number of rotatable bonds is 58. The summed E-state index contributed by atoms with van der Waals surface area (Å²) in [5.41, 5.74) is 0. The first-order valence-electron chi connectivity index (χ1n) is 28.6. The van der Waals surface area contributed by atoms with Gasteiger partial charge < -0.3 is 71.1 Å². The summed E-state index contributed by atoms with van der Waals surface area (Å²) in [5.74, 6) is -8.76. The van der Waals surface area contributed by atoms with Crippen LogP contribution in [0, 0.1) is 5.92 Å². The Morgan fingerprint density at radius 3 is 1.41 bits per heavy atom. The van der Waals surface area contributed by atoms with Gasteiger partial charge in [-0.05, 0) is 64.8 Å². The van der Waals surface area contributed by atoms with Gasteiger partial charge in [-0.3, -0.25) is 43.2 Å². The van der Waals surface area contributed by atoms with E-state index in [1.807, 2.05) is 0 Å². The Hall–Kier alpha value is -5.47. The molecule has 0 aromatic heterocycles. The molecule has 4 amide bonds. The minimum Gasteiger partial charge on any atom is -0.481 e. The highest BCUT2D eigenvalue weighted by atomic mass is 16.5. The number of aliphatic hydroxyl groups is 1. The average Bonchev–Trinajstić information content (AvgIpc) is 3.41. The lowest BCUT2D eigenvalue weighted by molar-refractivity contribution is -0.145. The van der Waals surface area contributed by atoms with Gasteiger partial charge in [0.1, 0.15) is 37.7 Å². The van der Waals surface area contributed by atoms with E-state index < -0.39 is 85.2 Å². The third-order valence-corrected chi connectivity index (χ3v) is 12.9. The number of likely N-dealkylation sites (N-methyl/N-ethyl adjacent to an activating group) is 1. The molecule has 0 bridgehead atoms. The van der Waals surface area contributed by atoms with Gasteiger partial charge >= 0.3 is 23.9 Å². The zero-order valence-electron chi connectivity index (χ0n) is 47.2. The van der Waals surface area contributed by atoms with Gasteiger partial charge in [0.15, 0.2) is 11.6 Å². The molecular weight excluding hydrogens is 1050 g/mol. The van der Waals surface area contributed by atoms with Crippen molar-refractivity contribution >= 4 is 64.9 Å². The molecule has 460 valence electrons. The number of aliphatic hydroxyl groups excluding tert-OH is 1. The van der Waals surface area contributed by atoms with E-state index in [4.69, 9.17) is 29.2 Å². The maximum Gasteiger partial charge on any atom is 0.326 e. The molecule has 0 spiro atoms. The standard InChI is InChI=1S/C55H95N5O20/c1-56-44(47(64)38-61)20-16-17-29-57-48(65)27-23-41(53(71)72)37-42(62)24-25-45(54(73)74)60-51(68)40-80-36-33-77-31-18-19-43(63)39-79-35-34-78-32-30-58-49(66)28-26-46(55(75)76)59-50(67)21-14-12-10-8-6-4-2-3-5-7-9-11-13-15-22-52(69)70/h41,44-46,56,61H,2-40H2,1H3,(H,57,65)(H,58,66)(H,59,67)(H,60,68)(H,69,70)(H,71,72)(H,73,74)(H,75,76)/t41-,44+,45+,46+/m1/s1. The van der Waals surface area contributed by atoms with Crippen molar-refractivity contribution in [3.8, 4) is 0 Å². The molecule has 0 heterocycles. The number of carbonyl (C=O) groups is 11. The molecule has 0 aromatic rings. The second-order valence-corrected chi connectivity index (χ2v) is 19.8. The Kier molecular flexibility index (Phi) is 47.0. The molecule has 25 nitrogen and oxygen atoms in total. The molecule has 80 heavy (non-hydrogen) atoms. The van der Waals surface area contributed by atoms with Crippen LogP contribution in [0.4, 0.5) is 0 Å². The Labute approximate surface area is 470 Å². The van der Waals surface area contributed by atoms with Crippen LogP contribution < -0.4 is 26.6 Å². The van der Waals surface area contributed by atoms with E-state index in [2.05, 4.69) is 26.6 Å². The van der Waals surface area contributed by atoms with E-state index in [0.29, 0.717) is 38.6 Å². The summed E-state index contributed by atoms with van der Waals surface area (Å²) in [4.78, 5) is 131. The van der Waals surface area contributed by atoms with Crippen LogP contribution in [0.1, 0.15) is 180 Å². The number of unbranched alkanes of at least 4 members (excludes halogenated alkanes) is 14. The quantitative estimate of drug-likeness (QED) is 0.0390. The number of Topliss-reactive ketones (excluding diaryl/α,β-unsaturated/α-hetero) is 3. The largest absolute Gasteiger partial charge is 0.481 e. The molecule has 10 N–H and O–H groups in total. The molecule has 0 fully saturated rings. The molecule has 0 saturated heterocycles. The van der Waals surface area contributed by atoms with Crippen LogP contribution in [-0.2, 0) is 71.7 Å². The highest BCUT2D eigenvalue weighted by Gasteiger charge is 2.26. The van der Waals surface area contributed by atoms with Crippen molar-refractivity contribution in [2.45, 2.75) is 198 Å². The van der Waals surface area contributed by atoms with Gasteiger partial charge in [-0.2, -0.15) is 0 Å². The minimum absolute atomic E-state index is 0.0121. The van der Waals surface area contributed by atoms with Crippen molar-refractivity contribution in [1.82, 2.24) is 26.6 Å². The van der Waals surface area contributed by atoms with E-state index >= 15 is 0 Å². The zero-order chi connectivity index (χ0) is 59.6. The van der Waals surface area contributed by atoms with E-state index in [1.54, 1.807) is 7.05 Å². The van der Waals surface area contributed by atoms with Crippen LogP contribution in [0.2, 0.25) is 0 Å². The Balaban J connectivity index is 3.98. The van der Waals surface area contributed by atoms with Crippen LogP contribution in [0.5, 0.6) is 0 Å². The zero-order valence-corrected chi connectivity index (χ0v) is 47.2. The van der Waals surface area contributed by atoms with Crippen molar-refractivity contribution in [1.29, 1.82) is 0 Å². The first-order chi connectivity index (χ1) is 38.4. The van der Waals surface area contributed by atoms with Crippen molar-refractivity contribution in [2.75, 3.05) is 79.6 Å². The number of carboxylic acids is 4. The Bertz CT molecular complexity index is 1800. The minimum atomic E-state index is -1.44. The van der Waals surface area contributed by atoms with Crippen LogP contribution in [0.15, 0.2) is 0 Å².